The van der Waals surface area contributed by atoms with Crippen molar-refractivity contribution in [3.05, 3.63) is 29.1 Å². The van der Waals surface area contributed by atoms with Crippen molar-refractivity contribution in [2.45, 2.75) is 91.1 Å². The highest BCUT2D eigenvalue weighted by Gasteiger charge is 2.59. The van der Waals surface area contributed by atoms with E-state index < -0.39 is 5.60 Å². The van der Waals surface area contributed by atoms with Gasteiger partial charge in [-0.15, -0.1) is 0 Å². The number of anilines is 1. The molecule has 0 spiro atoms. The summed E-state index contributed by atoms with van der Waals surface area (Å²) in [6, 6.07) is 3.01. The average Bonchev–Trinajstić information content (AvgIpc) is 3.17. The molecule has 0 saturated heterocycles. The smallest absolute Gasteiger partial charge is 0.228 e. The van der Waals surface area contributed by atoms with E-state index in [4.69, 9.17) is 4.74 Å². The highest BCUT2D eigenvalue weighted by atomic mass is 19.1. The molecule has 1 aromatic rings. The molecule has 1 amide bonds. The van der Waals surface area contributed by atoms with E-state index in [0.717, 1.165) is 67.2 Å². The van der Waals surface area contributed by atoms with Gasteiger partial charge in [-0.1, -0.05) is 6.92 Å². The van der Waals surface area contributed by atoms with E-state index in [1.165, 1.54) is 31.4 Å². The summed E-state index contributed by atoms with van der Waals surface area (Å²) in [6.07, 6.45) is 9.74. The van der Waals surface area contributed by atoms with E-state index in [2.05, 4.69) is 12.2 Å². The molecule has 4 aliphatic rings. The first kappa shape index (κ1) is 25.2. The van der Waals surface area contributed by atoms with Crippen LogP contribution in [0, 0.1) is 60.6 Å². The number of hydrogen-bond donors (Lipinski definition) is 2. The summed E-state index contributed by atoms with van der Waals surface area (Å²) < 4.78 is 19.4. The molecule has 0 bridgehead atoms. The van der Waals surface area contributed by atoms with E-state index in [1.54, 1.807) is 0 Å². The highest BCUT2D eigenvalue weighted by molar-refractivity contribution is 5.94. The first-order valence-electron chi connectivity index (χ1n) is 14.0. The van der Waals surface area contributed by atoms with Crippen molar-refractivity contribution in [2.75, 3.05) is 18.5 Å². The van der Waals surface area contributed by atoms with Gasteiger partial charge in [-0.25, -0.2) is 4.39 Å². The zero-order valence-electron chi connectivity index (χ0n) is 22.0. The van der Waals surface area contributed by atoms with Crippen LogP contribution in [0.4, 0.5) is 10.1 Å². The third kappa shape index (κ3) is 4.45. The van der Waals surface area contributed by atoms with Crippen molar-refractivity contribution in [3.8, 4) is 0 Å². The van der Waals surface area contributed by atoms with Crippen LogP contribution in [0.1, 0.15) is 82.8 Å². The topological polar surface area (TPSA) is 58.6 Å². The van der Waals surface area contributed by atoms with E-state index in [0.29, 0.717) is 31.0 Å². The van der Waals surface area contributed by atoms with Crippen LogP contribution >= 0.6 is 0 Å². The Balaban J connectivity index is 1.28. The summed E-state index contributed by atoms with van der Waals surface area (Å²) in [5.74, 6) is 3.29. The van der Waals surface area contributed by atoms with Crippen molar-refractivity contribution in [1.82, 2.24) is 0 Å². The number of hydrogen-bond acceptors (Lipinski definition) is 3. The van der Waals surface area contributed by atoms with Gasteiger partial charge in [0.25, 0.3) is 0 Å². The summed E-state index contributed by atoms with van der Waals surface area (Å²) in [6.45, 7) is 9.25. The van der Waals surface area contributed by atoms with Crippen LogP contribution < -0.4 is 5.32 Å². The Hall–Kier alpha value is -1.46. The van der Waals surface area contributed by atoms with Gasteiger partial charge in [0.15, 0.2) is 0 Å². The normalized spacial score (nSPS) is 40.5. The molecule has 5 heteroatoms. The molecule has 35 heavy (non-hydrogen) atoms. The Morgan fingerprint density at radius 1 is 1.06 bits per heavy atom. The van der Waals surface area contributed by atoms with Crippen molar-refractivity contribution in [3.63, 3.8) is 0 Å². The second-order valence-corrected chi connectivity index (χ2v) is 12.6. The zero-order chi connectivity index (χ0) is 25.0. The predicted octanol–water partition coefficient (Wildman–Crippen LogP) is 6.42. The van der Waals surface area contributed by atoms with Crippen LogP contribution in [-0.2, 0) is 9.53 Å². The number of fused-ring (bicyclic) bond motifs is 5. The molecule has 2 N–H and O–H groups in total. The van der Waals surface area contributed by atoms with Gasteiger partial charge in [0.2, 0.25) is 5.91 Å². The summed E-state index contributed by atoms with van der Waals surface area (Å²) in [7, 11) is 0. The number of halogens is 1. The van der Waals surface area contributed by atoms with Gasteiger partial charge in [0, 0.05) is 18.2 Å². The summed E-state index contributed by atoms with van der Waals surface area (Å²) in [5.41, 5.74) is 1.77. The first-order valence-corrected chi connectivity index (χ1v) is 14.0. The molecule has 0 aliphatic heterocycles. The lowest BCUT2D eigenvalue weighted by atomic mass is 9.49. The van der Waals surface area contributed by atoms with Crippen LogP contribution in [0.25, 0.3) is 0 Å². The molecule has 8 atom stereocenters. The molecular formula is C30H44FNO3. The third-order valence-electron chi connectivity index (χ3n) is 10.7. The van der Waals surface area contributed by atoms with Crippen molar-refractivity contribution in [1.29, 1.82) is 0 Å². The van der Waals surface area contributed by atoms with Gasteiger partial charge in [0.05, 0.1) is 12.2 Å². The standard InChI is InChI=1S/C30H44FNO3/c1-5-35-17-30(34)13-11-22-20(16-30)6-7-24-23(22)10-12-29(4)25(24)8-9-26(29)28(33)32-27-18(2)14-21(31)15-19(27)3/h14-15,20,22-26,34H,5-13,16-17H2,1-4H3,(H,32,33)/t20-,22+,23-,24-,25+,26-,29+,30-/m1/s1. The number of amides is 1. The van der Waals surface area contributed by atoms with Crippen LogP contribution in [0.3, 0.4) is 0 Å². The lowest BCUT2D eigenvalue weighted by Crippen LogP contribution is -2.52. The average molecular weight is 486 g/mol. The minimum Gasteiger partial charge on any atom is -0.387 e. The maximum absolute atomic E-state index is 13.8. The molecule has 194 valence electrons. The second kappa shape index (κ2) is 9.45. The maximum atomic E-state index is 13.8. The van der Waals surface area contributed by atoms with Crippen LogP contribution in [0.5, 0.6) is 0 Å². The number of rotatable bonds is 5. The van der Waals surface area contributed by atoms with Gasteiger partial charge in [0.1, 0.15) is 5.82 Å². The lowest BCUT2D eigenvalue weighted by molar-refractivity contribution is -0.135. The van der Waals surface area contributed by atoms with E-state index >= 15 is 0 Å². The Morgan fingerprint density at radius 2 is 1.77 bits per heavy atom. The molecule has 0 aromatic heterocycles. The molecule has 4 saturated carbocycles. The zero-order valence-corrected chi connectivity index (χ0v) is 22.0. The molecule has 1 aromatic carbocycles. The largest absolute Gasteiger partial charge is 0.387 e. The van der Waals surface area contributed by atoms with Gasteiger partial charge >= 0.3 is 0 Å². The molecule has 4 aliphatic carbocycles. The highest BCUT2D eigenvalue weighted by Crippen LogP contribution is 2.64. The number of ether oxygens (including phenoxy) is 1. The van der Waals surface area contributed by atoms with E-state index in [9.17, 15) is 14.3 Å². The molecular weight excluding hydrogens is 441 g/mol. The van der Waals surface area contributed by atoms with Gasteiger partial charge in [-0.05, 0) is 137 Å². The van der Waals surface area contributed by atoms with Crippen molar-refractivity contribution < 1.29 is 19.0 Å². The predicted molar refractivity (Wildman–Crippen MR) is 137 cm³/mol. The Morgan fingerprint density at radius 3 is 2.49 bits per heavy atom. The minimum atomic E-state index is -0.639. The number of benzene rings is 1. The first-order chi connectivity index (χ1) is 16.6. The fraction of sp³-hybridized carbons (Fsp3) is 0.767. The minimum absolute atomic E-state index is 0.0256. The van der Waals surface area contributed by atoms with Gasteiger partial charge < -0.3 is 15.2 Å². The van der Waals surface area contributed by atoms with Crippen LogP contribution in [0.2, 0.25) is 0 Å². The quantitative estimate of drug-likeness (QED) is 0.506. The lowest BCUT2D eigenvalue weighted by Gasteiger charge is -2.57. The number of aliphatic hydroxyl groups is 1. The number of carbonyl (C=O) groups is 1. The SMILES string of the molecule is CCOC[C@@]1(O)CC[C@H]2[C@H](CC[C@@H]3[C@@H]2CC[C@]2(C)[C@@H](C(=O)Nc4c(C)cc(F)cc4C)CC[C@@H]32)C1. The van der Waals surface area contributed by atoms with E-state index in [1.807, 2.05) is 20.8 Å². The molecule has 0 heterocycles. The van der Waals surface area contributed by atoms with Crippen molar-refractivity contribution in [2.24, 2.45) is 40.9 Å². The molecule has 4 nitrogen and oxygen atoms in total. The maximum Gasteiger partial charge on any atom is 0.228 e. The summed E-state index contributed by atoms with van der Waals surface area (Å²) in [4.78, 5) is 13.6. The summed E-state index contributed by atoms with van der Waals surface area (Å²) in [5, 5.41) is 14.3. The fourth-order valence-electron chi connectivity index (χ4n) is 9.13. The Labute approximate surface area is 210 Å². The molecule has 0 radical (unpaired) electrons. The van der Waals surface area contributed by atoms with E-state index in [-0.39, 0.29) is 23.1 Å². The molecule has 0 unspecified atom stereocenters. The van der Waals surface area contributed by atoms with Gasteiger partial charge in [-0.2, -0.15) is 0 Å². The summed E-state index contributed by atoms with van der Waals surface area (Å²) >= 11 is 0. The monoisotopic (exact) mass is 485 g/mol. The molecule has 5 rings (SSSR count). The Kier molecular flexibility index (Phi) is 6.80. The van der Waals surface area contributed by atoms with Crippen LogP contribution in [0.15, 0.2) is 12.1 Å². The number of carbonyl (C=O) groups excluding carboxylic acids is 1. The van der Waals surface area contributed by atoms with Crippen LogP contribution in [-0.4, -0.2) is 29.8 Å². The number of aryl methyl sites for hydroxylation is 2. The Bertz CT molecular complexity index is 942. The third-order valence-corrected chi connectivity index (χ3v) is 10.7. The second-order valence-electron chi connectivity index (χ2n) is 12.6. The van der Waals surface area contributed by atoms with Gasteiger partial charge in [-0.3, -0.25) is 4.79 Å². The number of nitrogens with one attached hydrogen (secondary N) is 1. The fourth-order valence-corrected chi connectivity index (χ4v) is 9.13. The van der Waals surface area contributed by atoms with Crippen molar-refractivity contribution >= 4 is 11.6 Å². The molecule has 4 fully saturated rings.